The molecule has 0 atom stereocenters. The van der Waals surface area contributed by atoms with E-state index < -0.39 is 25.8 Å². The predicted molar refractivity (Wildman–Crippen MR) is 38.9 cm³/mol. The maximum absolute atomic E-state index is 12.4. The summed E-state index contributed by atoms with van der Waals surface area (Å²) in [6.07, 6.45) is 0. The zero-order valence-electron chi connectivity index (χ0n) is 5.53. The topological polar surface area (TPSA) is 67.3 Å². The average molecular weight is 212 g/mol. The van der Waals surface area contributed by atoms with Gasteiger partial charge in [0, 0.05) is 10.7 Å². The zero-order valence-corrected chi connectivity index (χ0v) is 7.10. The molecule has 0 saturated carbocycles. The van der Waals surface area contributed by atoms with Crippen molar-refractivity contribution in [2.75, 3.05) is 0 Å². The molecule has 0 bridgehead atoms. The van der Waals surface area contributed by atoms with Gasteiger partial charge in [0.15, 0.2) is 10.8 Å². The van der Waals surface area contributed by atoms with Gasteiger partial charge in [0.05, 0.1) is 0 Å². The minimum absolute atomic E-state index is 0.625. The number of halogens is 2. The number of aromatic hydroxyl groups is 1. The molecule has 0 aliphatic rings. The van der Waals surface area contributed by atoms with Gasteiger partial charge in [-0.2, -0.15) is 4.39 Å². The number of nitrogens with zero attached hydrogens (tertiary/aromatic N) is 1. The van der Waals surface area contributed by atoms with Gasteiger partial charge in [-0.1, -0.05) is 0 Å². The smallest absolute Gasteiger partial charge is 0.278 e. The summed E-state index contributed by atoms with van der Waals surface area (Å²) in [5, 5.41) is 8.01. The quantitative estimate of drug-likeness (QED) is 0.553. The van der Waals surface area contributed by atoms with Gasteiger partial charge in [0.2, 0.25) is 0 Å². The lowest BCUT2D eigenvalue weighted by Crippen LogP contribution is -1.96. The van der Waals surface area contributed by atoms with Gasteiger partial charge < -0.3 is 5.11 Å². The van der Waals surface area contributed by atoms with Crippen LogP contribution in [0.4, 0.5) is 4.39 Å². The molecule has 66 valence electrons. The Hall–Kier alpha value is -0.880. The summed E-state index contributed by atoms with van der Waals surface area (Å²) in [6.45, 7) is 0. The number of aromatic nitrogens is 1. The van der Waals surface area contributed by atoms with Gasteiger partial charge >= 0.3 is 0 Å². The molecule has 7 heteroatoms. The van der Waals surface area contributed by atoms with Crippen LogP contribution in [-0.2, 0) is 9.05 Å². The molecule has 12 heavy (non-hydrogen) atoms. The fraction of sp³-hybridized carbons (Fsp3) is 0. The summed E-state index contributed by atoms with van der Waals surface area (Å²) in [4.78, 5) is 2.91. The van der Waals surface area contributed by atoms with Gasteiger partial charge in [-0.05, 0) is 12.1 Å². The van der Waals surface area contributed by atoms with E-state index in [4.69, 9.17) is 15.8 Å². The molecule has 0 aliphatic carbocycles. The summed E-state index contributed by atoms with van der Waals surface area (Å²) in [7, 11) is 0.812. The van der Waals surface area contributed by atoms with Crippen molar-refractivity contribution in [1.82, 2.24) is 4.98 Å². The Balaban J connectivity index is 3.33. The van der Waals surface area contributed by atoms with Gasteiger partial charge in [-0.25, -0.2) is 13.4 Å². The number of hydrogen-bond donors (Lipinski definition) is 1. The fourth-order valence-corrected chi connectivity index (χ4v) is 1.22. The van der Waals surface area contributed by atoms with Gasteiger partial charge in [0.25, 0.3) is 15.0 Å². The molecule has 0 unspecified atom stereocenters. The standard InChI is InChI=1S/C5H3ClFNO3S/c6-12(10,11)4-2-1-3(9)5(7)8-4/h1-2,9H. The van der Waals surface area contributed by atoms with E-state index in [1.54, 1.807) is 0 Å². The molecule has 4 nitrogen and oxygen atoms in total. The number of hydrogen-bond acceptors (Lipinski definition) is 4. The first kappa shape index (κ1) is 9.21. The molecule has 0 aliphatic heterocycles. The van der Waals surface area contributed by atoms with Gasteiger partial charge in [-0.15, -0.1) is 0 Å². The molecule has 1 N–H and O–H groups in total. The third-order valence-corrected chi connectivity index (χ3v) is 2.25. The molecule has 1 rings (SSSR count). The monoisotopic (exact) mass is 211 g/mol. The van der Waals surface area contributed by atoms with Crippen molar-refractivity contribution < 1.29 is 17.9 Å². The van der Waals surface area contributed by atoms with Crippen molar-refractivity contribution in [2.24, 2.45) is 0 Å². The summed E-state index contributed by atoms with van der Waals surface area (Å²) < 4.78 is 33.5. The van der Waals surface area contributed by atoms with Gasteiger partial charge in [-0.3, -0.25) is 0 Å². The lowest BCUT2D eigenvalue weighted by molar-refractivity contribution is 0.414. The van der Waals surface area contributed by atoms with Crippen molar-refractivity contribution in [3.05, 3.63) is 18.1 Å². The Labute approximate surface area is 72.0 Å². The Morgan fingerprint density at radius 2 is 2.08 bits per heavy atom. The van der Waals surface area contributed by atoms with Crippen LogP contribution < -0.4 is 0 Å². The number of rotatable bonds is 1. The fourth-order valence-electron chi connectivity index (χ4n) is 0.546. The first-order valence-electron chi connectivity index (χ1n) is 2.71. The highest BCUT2D eigenvalue weighted by atomic mass is 35.7. The largest absolute Gasteiger partial charge is 0.504 e. The van der Waals surface area contributed by atoms with E-state index in [2.05, 4.69) is 4.98 Å². The molecule has 0 fully saturated rings. The maximum atomic E-state index is 12.4. The molecule has 1 aromatic rings. The molecule has 1 heterocycles. The van der Waals surface area contributed by atoms with E-state index in [0.717, 1.165) is 12.1 Å². The molecule has 0 radical (unpaired) electrons. The Kier molecular flexibility index (Phi) is 2.20. The van der Waals surface area contributed by atoms with Crippen molar-refractivity contribution in [2.45, 2.75) is 5.03 Å². The van der Waals surface area contributed by atoms with Crippen molar-refractivity contribution in [3.63, 3.8) is 0 Å². The van der Waals surface area contributed by atoms with Gasteiger partial charge in [0.1, 0.15) is 0 Å². The summed E-state index contributed by atoms with van der Waals surface area (Å²) in [6, 6.07) is 1.76. The van der Waals surface area contributed by atoms with E-state index in [-0.39, 0.29) is 0 Å². The first-order chi connectivity index (χ1) is 5.41. The molecule has 1 aromatic heterocycles. The minimum Gasteiger partial charge on any atom is -0.504 e. The highest BCUT2D eigenvalue weighted by molar-refractivity contribution is 8.13. The predicted octanol–water partition coefficient (Wildman–Crippen LogP) is 0.854. The molecule has 0 aromatic carbocycles. The molecular weight excluding hydrogens is 209 g/mol. The lowest BCUT2D eigenvalue weighted by Gasteiger charge is -1.96. The third-order valence-electron chi connectivity index (χ3n) is 1.05. The van der Waals surface area contributed by atoms with Crippen LogP contribution in [0.15, 0.2) is 17.2 Å². The Bertz CT molecular complexity index is 405. The summed E-state index contributed by atoms with van der Waals surface area (Å²) >= 11 is 0. The zero-order chi connectivity index (χ0) is 9.35. The van der Waals surface area contributed by atoms with E-state index >= 15 is 0 Å². The van der Waals surface area contributed by atoms with E-state index in [0.29, 0.717) is 0 Å². The highest BCUT2D eigenvalue weighted by Gasteiger charge is 2.14. The first-order valence-corrected chi connectivity index (χ1v) is 5.02. The minimum atomic E-state index is -4.03. The lowest BCUT2D eigenvalue weighted by atomic mass is 10.5. The van der Waals surface area contributed by atoms with Crippen LogP contribution in [0.25, 0.3) is 0 Å². The van der Waals surface area contributed by atoms with Crippen molar-refractivity contribution in [1.29, 1.82) is 0 Å². The highest BCUT2D eigenvalue weighted by Crippen LogP contribution is 2.17. The molecule has 0 spiro atoms. The van der Waals surface area contributed by atoms with E-state index in [1.807, 2.05) is 0 Å². The molecule has 0 amide bonds. The molecular formula is C5H3ClFNO3S. The van der Waals surface area contributed by atoms with Crippen LogP contribution in [0.3, 0.4) is 0 Å². The summed E-state index contributed by atoms with van der Waals surface area (Å²) in [5.41, 5.74) is 0. The number of pyridine rings is 1. The van der Waals surface area contributed by atoms with Crippen molar-refractivity contribution in [3.8, 4) is 5.75 Å². The second-order valence-corrected chi connectivity index (χ2v) is 4.41. The third kappa shape index (κ3) is 1.83. The Morgan fingerprint density at radius 1 is 1.50 bits per heavy atom. The van der Waals surface area contributed by atoms with Crippen LogP contribution in [0.5, 0.6) is 5.75 Å². The van der Waals surface area contributed by atoms with E-state index in [1.165, 1.54) is 0 Å². The Morgan fingerprint density at radius 3 is 2.50 bits per heavy atom. The normalized spacial score (nSPS) is 11.5. The van der Waals surface area contributed by atoms with Crippen LogP contribution in [0, 0.1) is 5.95 Å². The van der Waals surface area contributed by atoms with E-state index in [9.17, 15) is 12.8 Å². The van der Waals surface area contributed by atoms with Crippen LogP contribution in [-0.4, -0.2) is 18.5 Å². The average Bonchev–Trinajstić information content (AvgIpc) is 1.92. The maximum Gasteiger partial charge on any atom is 0.278 e. The SMILES string of the molecule is O=S(=O)(Cl)c1ccc(O)c(F)n1. The molecule has 0 saturated heterocycles. The van der Waals surface area contributed by atoms with Crippen LogP contribution in [0.2, 0.25) is 0 Å². The second-order valence-electron chi connectivity index (χ2n) is 1.90. The summed E-state index contributed by atoms with van der Waals surface area (Å²) in [5.74, 6) is -1.99. The van der Waals surface area contributed by atoms with Crippen molar-refractivity contribution >= 4 is 19.7 Å². The van der Waals surface area contributed by atoms with Crippen LogP contribution in [0.1, 0.15) is 0 Å². The van der Waals surface area contributed by atoms with Crippen LogP contribution >= 0.6 is 10.7 Å². The second kappa shape index (κ2) is 2.87.